The number of nitrogens with one attached hydrogen (secondary N) is 1. The summed E-state index contributed by atoms with van der Waals surface area (Å²) in [7, 11) is 2.90. The highest BCUT2D eigenvalue weighted by atomic mass is 35.5. The lowest BCUT2D eigenvalue weighted by molar-refractivity contribution is -0.126. The number of methoxy groups -OCH3 is 2. The van der Waals surface area contributed by atoms with Gasteiger partial charge in [0, 0.05) is 18.2 Å². The predicted molar refractivity (Wildman–Crippen MR) is 121 cm³/mol. The summed E-state index contributed by atoms with van der Waals surface area (Å²) in [5.41, 5.74) is 0.595. The maximum atomic E-state index is 12.8. The number of carbonyl (C=O) groups excluding carboxylic acids is 2. The number of amides is 1. The maximum Gasteiger partial charge on any atom is 0.258 e. The molecule has 0 saturated heterocycles. The first-order valence-corrected chi connectivity index (χ1v) is 10.3. The SMILES string of the molecule is CCOc1ccc(N=NC(C(C)=O)C(=O)Nc2c(Cl)cc(OC)cc2OC)cc1OCC. The highest BCUT2D eigenvalue weighted by molar-refractivity contribution is 6.34. The van der Waals surface area contributed by atoms with E-state index in [0.29, 0.717) is 36.1 Å². The Morgan fingerprint density at radius 3 is 2.28 bits per heavy atom. The van der Waals surface area contributed by atoms with E-state index in [4.69, 9.17) is 30.5 Å². The van der Waals surface area contributed by atoms with Gasteiger partial charge in [-0.25, -0.2) is 0 Å². The van der Waals surface area contributed by atoms with Crippen molar-refractivity contribution < 1.29 is 28.5 Å². The third-order valence-corrected chi connectivity index (χ3v) is 4.48. The van der Waals surface area contributed by atoms with E-state index in [-0.39, 0.29) is 16.5 Å². The zero-order chi connectivity index (χ0) is 23.7. The summed E-state index contributed by atoms with van der Waals surface area (Å²) in [6.45, 7) is 5.87. The topological polar surface area (TPSA) is 108 Å². The first-order valence-electron chi connectivity index (χ1n) is 9.87. The molecule has 2 aromatic rings. The summed E-state index contributed by atoms with van der Waals surface area (Å²) in [5.74, 6) is 0.580. The number of hydrogen-bond acceptors (Lipinski definition) is 8. The molecule has 0 fully saturated rings. The Kier molecular flexibility index (Phi) is 9.27. The van der Waals surface area contributed by atoms with Gasteiger partial charge in [-0.2, -0.15) is 10.2 Å². The Morgan fingerprint density at radius 2 is 1.69 bits per heavy atom. The molecule has 1 atom stereocenters. The van der Waals surface area contributed by atoms with Crippen molar-refractivity contribution >= 4 is 34.7 Å². The first-order chi connectivity index (χ1) is 15.3. The summed E-state index contributed by atoms with van der Waals surface area (Å²) in [6.07, 6.45) is 0. The second-order valence-electron chi connectivity index (χ2n) is 6.40. The molecule has 0 aliphatic heterocycles. The fourth-order valence-corrected chi connectivity index (χ4v) is 2.94. The number of halogens is 1. The average molecular weight is 464 g/mol. The van der Waals surface area contributed by atoms with Crippen LogP contribution in [0.25, 0.3) is 0 Å². The zero-order valence-corrected chi connectivity index (χ0v) is 19.4. The standard InChI is InChI=1S/C22H26ClN3O6/c1-6-31-17-9-8-14(10-18(17)32-7-2)25-26-20(13(3)27)22(28)24-21-16(23)11-15(29-4)12-19(21)30-5/h8-12,20H,6-7H2,1-5H3,(H,24,28). The highest BCUT2D eigenvalue weighted by Gasteiger charge is 2.25. The summed E-state index contributed by atoms with van der Waals surface area (Å²) in [5, 5.41) is 10.8. The van der Waals surface area contributed by atoms with Crippen molar-refractivity contribution in [3.8, 4) is 23.0 Å². The quantitative estimate of drug-likeness (QED) is 0.377. The van der Waals surface area contributed by atoms with Crippen molar-refractivity contribution in [1.29, 1.82) is 0 Å². The molecule has 10 heteroatoms. The van der Waals surface area contributed by atoms with Gasteiger partial charge in [0.2, 0.25) is 6.04 Å². The lowest BCUT2D eigenvalue weighted by Crippen LogP contribution is -2.32. The maximum absolute atomic E-state index is 12.8. The number of benzene rings is 2. The van der Waals surface area contributed by atoms with Crippen LogP contribution in [0, 0.1) is 0 Å². The lowest BCUT2D eigenvalue weighted by atomic mass is 10.2. The molecule has 0 spiro atoms. The van der Waals surface area contributed by atoms with E-state index in [1.807, 2.05) is 13.8 Å². The normalized spacial score (nSPS) is 11.7. The molecule has 0 aliphatic carbocycles. The van der Waals surface area contributed by atoms with Crippen LogP contribution in [0.1, 0.15) is 20.8 Å². The molecule has 9 nitrogen and oxygen atoms in total. The molecule has 2 aromatic carbocycles. The molecule has 0 aliphatic rings. The largest absolute Gasteiger partial charge is 0.497 e. The van der Waals surface area contributed by atoms with Crippen molar-refractivity contribution in [3.63, 3.8) is 0 Å². The molecule has 172 valence electrons. The summed E-state index contributed by atoms with van der Waals surface area (Å²) in [6, 6.07) is 6.64. The van der Waals surface area contributed by atoms with Crippen LogP contribution in [0.4, 0.5) is 11.4 Å². The Bertz CT molecular complexity index is 996. The Balaban J connectivity index is 2.28. The number of azo groups is 1. The highest BCUT2D eigenvalue weighted by Crippen LogP contribution is 2.37. The van der Waals surface area contributed by atoms with Crippen LogP contribution in [-0.2, 0) is 9.59 Å². The first kappa shape index (κ1) is 24.9. The van der Waals surface area contributed by atoms with Crippen molar-refractivity contribution in [2.45, 2.75) is 26.8 Å². The minimum Gasteiger partial charge on any atom is -0.497 e. The smallest absolute Gasteiger partial charge is 0.258 e. The second-order valence-corrected chi connectivity index (χ2v) is 6.81. The number of carbonyl (C=O) groups is 2. The van der Waals surface area contributed by atoms with Crippen LogP contribution >= 0.6 is 11.6 Å². The number of Topliss-reactive ketones (excluding diaryl/α,β-unsaturated/α-hetero) is 1. The summed E-state index contributed by atoms with van der Waals surface area (Å²) < 4.78 is 21.5. The molecule has 1 amide bonds. The van der Waals surface area contributed by atoms with Gasteiger partial charge < -0.3 is 24.3 Å². The number of hydrogen-bond donors (Lipinski definition) is 1. The fraction of sp³-hybridized carbons (Fsp3) is 0.364. The minimum atomic E-state index is -1.39. The van der Waals surface area contributed by atoms with E-state index in [1.54, 1.807) is 24.3 Å². The lowest BCUT2D eigenvalue weighted by Gasteiger charge is -2.15. The molecule has 0 heterocycles. The van der Waals surface area contributed by atoms with E-state index < -0.39 is 17.7 Å². The molecular weight excluding hydrogens is 438 g/mol. The third-order valence-electron chi connectivity index (χ3n) is 4.18. The molecule has 0 saturated carbocycles. The van der Waals surface area contributed by atoms with E-state index in [0.717, 1.165) is 0 Å². The van der Waals surface area contributed by atoms with E-state index in [2.05, 4.69) is 15.5 Å². The Labute approximate surface area is 191 Å². The van der Waals surface area contributed by atoms with Gasteiger partial charge in [-0.15, -0.1) is 0 Å². The number of nitrogens with zero attached hydrogens (tertiary/aromatic N) is 2. The van der Waals surface area contributed by atoms with Crippen LogP contribution in [-0.4, -0.2) is 45.2 Å². The van der Waals surface area contributed by atoms with Gasteiger partial charge in [0.1, 0.15) is 17.2 Å². The van der Waals surface area contributed by atoms with Gasteiger partial charge in [0.05, 0.1) is 38.1 Å². The summed E-state index contributed by atoms with van der Waals surface area (Å²) in [4.78, 5) is 24.9. The number of ether oxygens (including phenoxy) is 4. The van der Waals surface area contributed by atoms with Gasteiger partial charge in [0.25, 0.3) is 5.91 Å². The number of anilines is 1. The van der Waals surface area contributed by atoms with Gasteiger partial charge >= 0.3 is 0 Å². The van der Waals surface area contributed by atoms with Crippen LogP contribution in [0.15, 0.2) is 40.6 Å². The number of ketones is 1. The average Bonchev–Trinajstić information content (AvgIpc) is 2.76. The second kappa shape index (κ2) is 11.9. The van der Waals surface area contributed by atoms with Crippen LogP contribution < -0.4 is 24.3 Å². The van der Waals surface area contributed by atoms with E-state index >= 15 is 0 Å². The van der Waals surface area contributed by atoms with Gasteiger partial charge in [0.15, 0.2) is 17.3 Å². The molecule has 32 heavy (non-hydrogen) atoms. The van der Waals surface area contributed by atoms with Gasteiger partial charge in [-0.05, 0) is 32.9 Å². The van der Waals surface area contributed by atoms with Crippen molar-refractivity contribution in [3.05, 3.63) is 35.4 Å². The van der Waals surface area contributed by atoms with Crippen molar-refractivity contribution in [2.75, 3.05) is 32.8 Å². The van der Waals surface area contributed by atoms with E-state index in [9.17, 15) is 9.59 Å². The minimum absolute atomic E-state index is 0.182. The molecule has 0 radical (unpaired) electrons. The molecular formula is C22H26ClN3O6. The monoisotopic (exact) mass is 463 g/mol. The predicted octanol–water partition coefficient (Wildman–Crippen LogP) is 4.83. The molecule has 1 N–H and O–H groups in total. The van der Waals surface area contributed by atoms with Crippen LogP contribution in [0.2, 0.25) is 5.02 Å². The molecule has 2 rings (SSSR count). The van der Waals surface area contributed by atoms with Gasteiger partial charge in [-0.1, -0.05) is 11.6 Å². The zero-order valence-electron chi connectivity index (χ0n) is 18.6. The van der Waals surface area contributed by atoms with Crippen molar-refractivity contribution in [2.24, 2.45) is 10.2 Å². The van der Waals surface area contributed by atoms with Crippen LogP contribution in [0.5, 0.6) is 23.0 Å². The Morgan fingerprint density at radius 1 is 1.00 bits per heavy atom. The molecule has 1 unspecified atom stereocenters. The summed E-state index contributed by atoms with van der Waals surface area (Å²) >= 11 is 6.24. The third kappa shape index (κ3) is 6.34. The Hall–Kier alpha value is -3.33. The van der Waals surface area contributed by atoms with Gasteiger partial charge in [-0.3, -0.25) is 9.59 Å². The number of rotatable bonds is 11. The van der Waals surface area contributed by atoms with Crippen molar-refractivity contribution in [1.82, 2.24) is 0 Å². The van der Waals surface area contributed by atoms with Crippen LogP contribution in [0.3, 0.4) is 0 Å². The van der Waals surface area contributed by atoms with E-state index in [1.165, 1.54) is 27.2 Å². The fourth-order valence-electron chi connectivity index (χ4n) is 2.69. The molecule has 0 aromatic heterocycles. The molecule has 0 bridgehead atoms.